The molecule has 38 heavy (non-hydrogen) atoms. The summed E-state index contributed by atoms with van der Waals surface area (Å²) in [4.78, 5) is 42.4. The van der Waals surface area contributed by atoms with Crippen molar-refractivity contribution >= 4 is 23.5 Å². The topological polar surface area (TPSA) is 86.7 Å². The maximum atomic E-state index is 14.2. The van der Waals surface area contributed by atoms with Crippen LogP contribution in [0.3, 0.4) is 0 Å². The minimum absolute atomic E-state index is 0.204. The highest BCUT2D eigenvalue weighted by atomic mass is 16.4. The number of aliphatic carboxylic acids is 1. The summed E-state index contributed by atoms with van der Waals surface area (Å²) in [6.07, 6.45) is 0. The predicted molar refractivity (Wildman–Crippen MR) is 146 cm³/mol. The summed E-state index contributed by atoms with van der Waals surface area (Å²) >= 11 is 0. The van der Waals surface area contributed by atoms with E-state index in [2.05, 4.69) is 5.32 Å². The summed E-state index contributed by atoms with van der Waals surface area (Å²) in [6, 6.07) is 31.9. The zero-order chi connectivity index (χ0) is 26.6. The summed E-state index contributed by atoms with van der Waals surface area (Å²) in [5, 5.41) is 13.4. The highest BCUT2D eigenvalue weighted by molar-refractivity contribution is 6.02. The van der Waals surface area contributed by atoms with Crippen molar-refractivity contribution in [2.75, 3.05) is 5.32 Å². The van der Waals surface area contributed by atoms with Crippen LogP contribution in [-0.2, 0) is 4.79 Å². The van der Waals surface area contributed by atoms with Gasteiger partial charge in [0.25, 0.3) is 0 Å². The molecule has 6 nitrogen and oxygen atoms in total. The van der Waals surface area contributed by atoms with Gasteiger partial charge in [-0.05, 0) is 30.2 Å². The van der Waals surface area contributed by atoms with Crippen molar-refractivity contribution in [2.24, 2.45) is 5.92 Å². The lowest BCUT2D eigenvalue weighted by molar-refractivity contribution is -0.142. The van der Waals surface area contributed by atoms with E-state index >= 15 is 0 Å². The lowest BCUT2D eigenvalue weighted by Gasteiger charge is -2.30. The molecule has 0 saturated carbocycles. The number of rotatable bonds is 6. The van der Waals surface area contributed by atoms with Gasteiger partial charge in [-0.15, -0.1) is 0 Å². The van der Waals surface area contributed by atoms with Gasteiger partial charge >= 0.3 is 12.0 Å². The van der Waals surface area contributed by atoms with E-state index < -0.39 is 35.9 Å². The number of likely N-dealkylation sites (tertiary alicyclic amines) is 1. The third-order valence-corrected chi connectivity index (χ3v) is 7.14. The minimum atomic E-state index is -1.27. The number of nitrogens with one attached hydrogen (secondary N) is 1. The number of urea groups is 1. The largest absolute Gasteiger partial charge is 0.480 e. The molecule has 0 radical (unpaired) electrons. The van der Waals surface area contributed by atoms with Crippen molar-refractivity contribution in [2.45, 2.75) is 24.9 Å². The molecule has 0 bridgehead atoms. The first-order valence-electron chi connectivity index (χ1n) is 12.5. The van der Waals surface area contributed by atoms with Gasteiger partial charge in [0.1, 0.15) is 6.04 Å². The number of carbonyl (C=O) groups is 3. The van der Waals surface area contributed by atoms with Crippen molar-refractivity contribution in [1.82, 2.24) is 4.90 Å². The van der Waals surface area contributed by atoms with Crippen LogP contribution in [0.2, 0.25) is 0 Å². The molecular formula is C32H28N2O4. The van der Waals surface area contributed by atoms with Crippen molar-refractivity contribution in [3.05, 3.63) is 138 Å². The normalized spacial score (nSPS) is 20.6. The van der Waals surface area contributed by atoms with Crippen molar-refractivity contribution < 1.29 is 19.5 Å². The Hall–Kier alpha value is -4.71. The van der Waals surface area contributed by atoms with Crippen LogP contribution in [0.4, 0.5) is 10.5 Å². The first-order valence-corrected chi connectivity index (χ1v) is 12.5. The van der Waals surface area contributed by atoms with Gasteiger partial charge in [-0.3, -0.25) is 4.79 Å². The van der Waals surface area contributed by atoms with Crippen molar-refractivity contribution in [1.29, 1.82) is 0 Å². The number of nitrogens with zero attached hydrogens (tertiary/aromatic N) is 1. The van der Waals surface area contributed by atoms with E-state index in [-0.39, 0.29) is 5.78 Å². The Morgan fingerprint density at radius 2 is 1.24 bits per heavy atom. The first-order chi connectivity index (χ1) is 18.5. The summed E-state index contributed by atoms with van der Waals surface area (Å²) in [6.45, 7) is 1.95. The Morgan fingerprint density at radius 3 is 1.79 bits per heavy atom. The van der Waals surface area contributed by atoms with E-state index in [0.29, 0.717) is 22.4 Å². The van der Waals surface area contributed by atoms with Crippen LogP contribution in [0.15, 0.2) is 115 Å². The Bertz CT molecular complexity index is 1420. The second kappa shape index (κ2) is 10.7. The van der Waals surface area contributed by atoms with Crippen molar-refractivity contribution in [3.8, 4) is 0 Å². The molecule has 1 heterocycles. The van der Waals surface area contributed by atoms with E-state index in [9.17, 15) is 19.5 Å². The molecule has 1 fully saturated rings. The molecule has 190 valence electrons. The molecule has 5 rings (SSSR count). The van der Waals surface area contributed by atoms with Gasteiger partial charge in [-0.25, -0.2) is 9.59 Å². The van der Waals surface area contributed by atoms with Crippen LogP contribution in [0.1, 0.15) is 39.0 Å². The van der Waals surface area contributed by atoms with Crippen LogP contribution >= 0.6 is 0 Å². The highest BCUT2D eigenvalue weighted by Gasteiger charge is 2.57. The Morgan fingerprint density at radius 1 is 0.711 bits per heavy atom. The van der Waals surface area contributed by atoms with E-state index in [1.165, 1.54) is 4.90 Å². The molecule has 1 aliphatic rings. The fraction of sp³-hybridized carbons (Fsp3) is 0.156. The molecule has 1 saturated heterocycles. The molecule has 1 aliphatic heterocycles. The van der Waals surface area contributed by atoms with Crippen LogP contribution in [0.25, 0.3) is 0 Å². The van der Waals surface area contributed by atoms with Gasteiger partial charge in [-0.1, -0.05) is 109 Å². The van der Waals surface area contributed by atoms with E-state index in [1.807, 2.05) is 85.8 Å². The molecule has 0 spiro atoms. The summed E-state index contributed by atoms with van der Waals surface area (Å²) < 4.78 is 0. The fourth-order valence-corrected chi connectivity index (χ4v) is 5.45. The third kappa shape index (κ3) is 4.81. The lowest BCUT2D eigenvalue weighted by Crippen LogP contribution is -2.45. The molecule has 6 heteroatoms. The number of anilines is 1. The van der Waals surface area contributed by atoms with Gasteiger partial charge in [0.15, 0.2) is 5.78 Å². The number of carboxylic acids is 1. The minimum Gasteiger partial charge on any atom is -0.480 e. The maximum Gasteiger partial charge on any atom is 0.327 e. The van der Waals surface area contributed by atoms with Crippen LogP contribution in [-0.4, -0.2) is 33.8 Å². The predicted octanol–water partition coefficient (Wildman–Crippen LogP) is 6.32. The average Bonchev–Trinajstić information content (AvgIpc) is 3.32. The monoisotopic (exact) mass is 504 g/mol. The lowest BCUT2D eigenvalue weighted by atomic mass is 9.76. The molecule has 4 unspecified atom stereocenters. The standard InChI is InChI=1S/C32H28N2O4/c1-21-17-19-25(20-18-21)33-32(38)34-28(23-13-7-3-8-14-23)27(30(35)24-15-9-4-10-16-24)26(29(34)31(36)37)22-11-5-2-6-12-22/h2-20,26-29H,1H3,(H,33,38)(H,36,37). The molecule has 0 aliphatic carbocycles. The van der Waals surface area contributed by atoms with Crippen LogP contribution in [0, 0.1) is 12.8 Å². The first kappa shape index (κ1) is 25.0. The van der Waals surface area contributed by atoms with Crippen LogP contribution < -0.4 is 5.32 Å². The average molecular weight is 505 g/mol. The third-order valence-electron chi connectivity index (χ3n) is 7.14. The molecule has 2 N–H and O–H groups in total. The van der Waals surface area contributed by atoms with Gasteiger partial charge in [0, 0.05) is 17.2 Å². The van der Waals surface area contributed by atoms with Gasteiger partial charge in [0.2, 0.25) is 0 Å². The molecule has 4 aromatic carbocycles. The van der Waals surface area contributed by atoms with Gasteiger partial charge < -0.3 is 15.3 Å². The number of hydrogen-bond donors (Lipinski definition) is 2. The van der Waals surface area contributed by atoms with E-state index in [1.54, 1.807) is 36.4 Å². The number of hydrogen-bond acceptors (Lipinski definition) is 3. The van der Waals surface area contributed by atoms with Gasteiger partial charge in [-0.2, -0.15) is 0 Å². The molecule has 0 aromatic heterocycles. The smallest absolute Gasteiger partial charge is 0.327 e. The molecule has 4 atom stereocenters. The number of Topliss-reactive ketones (excluding diaryl/α,β-unsaturated/α-hetero) is 1. The molecular weight excluding hydrogens is 476 g/mol. The number of amides is 2. The van der Waals surface area contributed by atoms with Crippen LogP contribution in [0.5, 0.6) is 0 Å². The number of aryl methyl sites for hydroxylation is 1. The van der Waals surface area contributed by atoms with Gasteiger partial charge in [0.05, 0.1) is 12.0 Å². The second-order valence-electron chi connectivity index (χ2n) is 9.53. The highest BCUT2D eigenvalue weighted by Crippen LogP contribution is 2.51. The molecule has 4 aromatic rings. The number of ketones is 1. The second-order valence-corrected chi connectivity index (χ2v) is 9.53. The zero-order valence-electron chi connectivity index (χ0n) is 20.9. The SMILES string of the molecule is Cc1ccc(NC(=O)N2C(C(=O)O)C(c3ccccc3)C(C(=O)c3ccccc3)C2c2ccccc2)cc1. The Balaban J connectivity index is 1.69. The zero-order valence-corrected chi connectivity index (χ0v) is 20.9. The summed E-state index contributed by atoms with van der Waals surface area (Å²) in [5.74, 6) is -2.96. The number of carboxylic acid groups (broad SMARTS) is 1. The van der Waals surface area contributed by atoms with Crippen molar-refractivity contribution in [3.63, 3.8) is 0 Å². The number of benzene rings is 4. The summed E-state index contributed by atoms with van der Waals surface area (Å²) in [5.41, 5.74) is 3.45. The quantitative estimate of drug-likeness (QED) is 0.301. The number of carbonyl (C=O) groups excluding carboxylic acids is 2. The maximum absolute atomic E-state index is 14.2. The van der Waals surface area contributed by atoms with E-state index in [0.717, 1.165) is 5.56 Å². The Labute approximate surface area is 221 Å². The fourth-order valence-electron chi connectivity index (χ4n) is 5.45. The molecule has 2 amide bonds. The Kier molecular flexibility index (Phi) is 7.05. The summed E-state index contributed by atoms with van der Waals surface area (Å²) in [7, 11) is 0. The van der Waals surface area contributed by atoms with E-state index in [4.69, 9.17) is 0 Å².